The maximum atomic E-state index is 13.7. The van der Waals surface area contributed by atoms with Crippen LogP contribution < -0.4 is 14.5 Å². The normalized spacial score (nSPS) is 14.4. The summed E-state index contributed by atoms with van der Waals surface area (Å²) in [5, 5.41) is 11.9. The number of hydrogen-bond acceptors (Lipinski definition) is 7. The molecule has 0 fully saturated rings. The van der Waals surface area contributed by atoms with Crippen LogP contribution in [0.4, 0.5) is 17.1 Å². The van der Waals surface area contributed by atoms with Gasteiger partial charge in [-0.05, 0) is 48.9 Å². The lowest BCUT2D eigenvalue weighted by molar-refractivity contribution is -0.385. The van der Waals surface area contributed by atoms with Crippen LogP contribution in [0.2, 0.25) is 0 Å². The summed E-state index contributed by atoms with van der Waals surface area (Å²) in [7, 11) is 1.26. The second kappa shape index (κ2) is 8.07. The molecule has 4 aromatic carbocycles. The van der Waals surface area contributed by atoms with Gasteiger partial charge in [0.1, 0.15) is 0 Å². The number of ether oxygens (including phenoxy) is 1. The first-order valence-corrected chi connectivity index (χ1v) is 11.5. The number of carbonyl (C=O) groups excluding carboxylic acids is 4. The van der Waals surface area contributed by atoms with Crippen molar-refractivity contribution in [2.45, 2.75) is 6.92 Å². The molecular formula is C28H17N3O7. The van der Waals surface area contributed by atoms with Gasteiger partial charge < -0.3 is 4.74 Å². The summed E-state index contributed by atoms with van der Waals surface area (Å²) in [5.41, 5.74) is 1.21. The Kier molecular flexibility index (Phi) is 4.89. The Morgan fingerprint density at radius 3 is 1.63 bits per heavy atom. The monoisotopic (exact) mass is 507 g/mol. The quantitative estimate of drug-likeness (QED) is 0.223. The predicted molar refractivity (Wildman–Crippen MR) is 137 cm³/mol. The third kappa shape index (κ3) is 3.00. The fraction of sp³-hybridized carbons (Fsp3) is 0.0714. The summed E-state index contributed by atoms with van der Waals surface area (Å²) < 4.78 is 5.14. The third-order valence-corrected chi connectivity index (χ3v) is 6.84. The summed E-state index contributed by atoms with van der Waals surface area (Å²) in [4.78, 5) is 67.1. The molecule has 2 heterocycles. The van der Waals surface area contributed by atoms with Crippen molar-refractivity contribution in [2.24, 2.45) is 0 Å². The zero-order valence-electron chi connectivity index (χ0n) is 20.1. The van der Waals surface area contributed by atoms with Gasteiger partial charge in [-0.2, -0.15) is 0 Å². The molecule has 10 nitrogen and oxygen atoms in total. The lowest BCUT2D eigenvalue weighted by Gasteiger charge is -2.32. The molecule has 0 aromatic heterocycles. The highest BCUT2D eigenvalue weighted by Crippen LogP contribution is 2.42. The van der Waals surface area contributed by atoms with E-state index in [4.69, 9.17) is 4.74 Å². The highest BCUT2D eigenvalue weighted by molar-refractivity contribution is 6.42. The van der Waals surface area contributed by atoms with Crippen molar-refractivity contribution in [3.8, 4) is 5.75 Å². The molecule has 0 unspecified atom stereocenters. The maximum Gasteiger partial charge on any atom is 0.311 e. The van der Waals surface area contributed by atoms with Crippen LogP contribution in [-0.2, 0) is 0 Å². The van der Waals surface area contributed by atoms with Gasteiger partial charge in [-0.3, -0.25) is 29.3 Å². The number of nitro groups is 1. The Bertz CT molecular complexity index is 1710. The first-order valence-electron chi connectivity index (χ1n) is 11.5. The Hall–Kier alpha value is -5.38. The van der Waals surface area contributed by atoms with Crippen molar-refractivity contribution in [1.29, 1.82) is 0 Å². The van der Waals surface area contributed by atoms with Gasteiger partial charge in [0.2, 0.25) is 0 Å². The number of anilines is 2. The third-order valence-electron chi connectivity index (χ3n) is 6.84. The van der Waals surface area contributed by atoms with E-state index in [-0.39, 0.29) is 50.2 Å². The number of methoxy groups -OCH3 is 1. The first kappa shape index (κ1) is 23.0. The van der Waals surface area contributed by atoms with Gasteiger partial charge in [0.25, 0.3) is 23.6 Å². The molecule has 10 heteroatoms. The van der Waals surface area contributed by atoms with Gasteiger partial charge in [0.05, 0.1) is 23.4 Å². The number of nitrogens with zero attached hydrogens (tertiary/aromatic N) is 3. The van der Waals surface area contributed by atoms with Crippen LogP contribution in [0.25, 0.3) is 10.8 Å². The van der Waals surface area contributed by atoms with Gasteiger partial charge in [0, 0.05) is 45.2 Å². The minimum Gasteiger partial charge on any atom is -0.490 e. The summed E-state index contributed by atoms with van der Waals surface area (Å²) in [6, 6.07) is 16.9. The standard InChI is InChI=1S/C28H17N3O7/c1-14-12-21(31(36)37)22(38-2)13-20(14)30-27(34)18-10-8-16-23-17(9-11-19(24(18)23)28(30)35)26(33)29(25(16)32)15-6-4-3-5-7-15/h3-13H,1-2H3. The molecule has 0 saturated heterocycles. The number of imide groups is 2. The van der Waals surface area contributed by atoms with E-state index in [1.807, 2.05) is 0 Å². The Labute approximate surface area is 214 Å². The van der Waals surface area contributed by atoms with E-state index in [2.05, 4.69) is 0 Å². The van der Waals surface area contributed by atoms with Gasteiger partial charge in [-0.15, -0.1) is 0 Å². The number of benzene rings is 4. The van der Waals surface area contributed by atoms with Gasteiger partial charge in [0.15, 0.2) is 5.75 Å². The van der Waals surface area contributed by atoms with Crippen molar-refractivity contribution in [2.75, 3.05) is 16.9 Å². The van der Waals surface area contributed by atoms with Crippen LogP contribution in [-0.4, -0.2) is 35.7 Å². The molecule has 2 aliphatic rings. The number of aryl methyl sites for hydroxylation is 1. The summed E-state index contributed by atoms with van der Waals surface area (Å²) in [5.74, 6) is -2.60. The number of para-hydroxylation sites is 1. The molecule has 4 amide bonds. The van der Waals surface area contributed by atoms with E-state index < -0.39 is 28.6 Å². The molecule has 4 aromatic rings. The van der Waals surface area contributed by atoms with E-state index in [0.29, 0.717) is 11.3 Å². The maximum absolute atomic E-state index is 13.7. The largest absolute Gasteiger partial charge is 0.490 e. The molecule has 6 rings (SSSR count). The smallest absolute Gasteiger partial charge is 0.311 e. The van der Waals surface area contributed by atoms with Gasteiger partial charge in [-0.1, -0.05) is 18.2 Å². The average Bonchev–Trinajstić information content (AvgIpc) is 2.91. The minimum absolute atomic E-state index is 0.107. The van der Waals surface area contributed by atoms with E-state index in [0.717, 1.165) is 9.80 Å². The van der Waals surface area contributed by atoms with Crippen LogP contribution in [0, 0.1) is 17.0 Å². The molecule has 186 valence electrons. The molecule has 0 saturated carbocycles. The fourth-order valence-electron chi connectivity index (χ4n) is 5.11. The first-order chi connectivity index (χ1) is 18.2. The highest BCUT2D eigenvalue weighted by atomic mass is 16.6. The van der Waals surface area contributed by atoms with Gasteiger partial charge in [-0.25, -0.2) is 9.80 Å². The second-order valence-electron chi connectivity index (χ2n) is 8.87. The van der Waals surface area contributed by atoms with Crippen molar-refractivity contribution in [3.05, 3.63) is 105 Å². The van der Waals surface area contributed by atoms with Crippen LogP contribution in [0.3, 0.4) is 0 Å². The zero-order valence-corrected chi connectivity index (χ0v) is 20.1. The SMILES string of the molecule is COc1cc(N2C(=O)c3ccc4c5c(ccc(c35)C2=O)C(=O)N(c2ccccc2)C4=O)c(C)cc1[N+](=O)[O-]. The molecule has 0 spiro atoms. The number of hydrogen-bond donors (Lipinski definition) is 0. The van der Waals surface area contributed by atoms with Crippen LogP contribution in [0.1, 0.15) is 47.0 Å². The predicted octanol–water partition coefficient (Wildman–Crippen LogP) is 4.67. The molecular weight excluding hydrogens is 490 g/mol. The summed E-state index contributed by atoms with van der Waals surface area (Å²) in [6.45, 7) is 1.55. The Morgan fingerprint density at radius 2 is 1.18 bits per heavy atom. The molecule has 0 radical (unpaired) electrons. The van der Waals surface area contributed by atoms with Crippen LogP contribution in [0.15, 0.2) is 66.7 Å². The molecule has 38 heavy (non-hydrogen) atoms. The number of amides is 4. The van der Waals surface area contributed by atoms with Crippen LogP contribution in [0.5, 0.6) is 5.75 Å². The van der Waals surface area contributed by atoms with E-state index in [1.165, 1.54) is 43.5 Å². The van der Waals surface area contributed by atoms with Crippen molar-refractivity contribution < 1.29 is 28.8 Å². The zero-order chi connectivity index (χ0) is 26.9. The van der Waals surface area contributed by atoms with Crippen molar-refractivity contribution >= 4 is 51.5 Å². The average molecular weight is 507 g/mol. The van der Waals surface area contributed by atoms with Gasteiger partial charge >= 0.3 is 5.69 Å². The topological polar surface area (TPSA) is 127 Å². The Morgan fingerprint density at radius 1 is 0.711 bits per heavy atom. The van der Waals surface area contributed by atoms with Crippen molar-refractivity contribution in [1.82, 2.24) is 0 Å². The number of rotatable bonds is 4. The molecule has 2 aliphatic heterocycles. The lowest BCUT2D eigenvalue weighted by Crippen LogP contribution is -2.43. The number of carbonyl (C=O) groups is 4. The van der Waals surface area contributed by atoms with Crippen molar-refractivity contribution in [3.63, 3.8) is 0 Å². The van der Waals surface area contributed by atoms with E-state index in [9.17, 15) is 29.3 Å². The summed E-state index contributed by atoms with van der Waals surface area (Å²) in [6.07, 6.45) is 0. The minimum atomic E-state index is -0.685. The summed E-state index contributed by atoms with van der Waals surface area (Å²) >= 11 is 0. The molecule has 0 N–H and O–H groups in total. The molecule has 0 bridgehead atoms. The highest BCUT2D eigenvalue weighted by Gasteiger charge is 2.41. The second-order valence-corrected chi connectivity index (χ2v) is 8.87. The van der Waals surface area contributed by atoms with Crippen LogP contribution >= 0.6 is 0 Å². The number of nitro benzene ring substituents is 1. The van der Waals surface area contributed by atoms with E-state index >= 15 is 0 Å². The molecule has 0 aliphatic carbocycles. The Balaban J connectivity index is 1.54. The fourth-order valence-corrected chi connectivity index (χ4v) is 5.11. The lowest BCUT2D eigenvalue weighted by atomic mass is 9.85. The van der Waals surface area contributed by atoms with E-state index in [1.54, 1.807) is 37.3 Å². The molecule has 0 atom stereocenters.